The number of carboxylic acid groups (broad SMARTS) is 2. The summed E-state index contributed by atoms with van der Waals surface area (Å²) in [6.45, 7) is 3.39. The lowest BCUT2D eigenvalue weighted by molar-refractivity contribution is -0.300. The van der Waals surface area contributed by atoms with Crippen LogP contribution in [0.3, 0.4) is 0 Å². The molecule has 7 aromatic carbocycles. The Morgan fingerprint density at radius 3 is 1.05 bits per heavy atom. The van der Waals surface area contributed by atoms with Crippen LogP contribution in [0.4, 0.5) is 13.2 Å². The van der Waals surface area contributed by atoms with Crippen molar-refractivity contribution in [3.05, 3.63) is 217 Å². The molecule has 0 spiro atoms. The molecule has 0 aliphatic heterocycles. The van der Waals surface area contributed by atoms with Crippen molar-refractivity contribution in [2.45, 2.75) is 81.5 Å². The summed E-state index contributed by atoms with van der Waals surface area (Å²) in [6, 6.07) is 66.7. The summed E-state index contributed by atoms with van der Waals surface area (Å²) < 4.78 is 37.0. The number of halogens is 3. The Labute approximate surface area is 384 Å². The van der Waals surface area contributed by atoms with E-state index in [1.54, 1.807) is 0 Å². The van der Waals surface area contributed by atoms with Crippen LogP contribution < -0.4 is 10.2 Å². The third kappa shape index (κ3) is 17.1. The maximum atomic E-state index is 12.3. The van der Waals surface area contributed by atoms with Gasteiger partial charge in [0.15, 0.2) is 35.2 Å². The van der Waals surface area contributed by atoms with E-state index in [4.69, 9.17) is 0 Å². The van der Waals surface area contributed by atoms with Crippen LogP contribution in [-0.2, 0) is 42.3 Å². The van der Waals surface area contributed by atoms with E-state index >= 15 is 0 Å². The van der Waals surface area contributed by atoms with Crippen molar-refractivity contribution in [2.24, 2.45) is 0 Å². The van der Waals surface area contributed by atoms with Gasteiger partial charge in [0.25, 0.3) is 0 Å². The molecule has 0 saturated heterocycles. The number of carbonyl (C=O) groups excluding carboxylic acids is 4. The minimum atomic E-state index is -4.62. The maximum absolute atomic E-state index is 12.3. The molecule has 0 aliphatic rings. The van der Waals surface area contributed by atoms with Crippen LogP contribution in [0.2, 0.25) is 0 Å². The van der Waals surface area contributed by atoms with Gasteiger partial charge in [0.1, 0.15) is 11.9 Å². The molecule has 0 amide bonds. The Morgan fingerprint density at radius 2 is 0.785 bits per heavy atom. The number of hydrogen-bond acceptors (Lipinski definition) is 6. The third-order valence-corrected chi connectivity index (χ3v) is 13.7. The van der Waals surface area contributed by atoms with Gasteiger partial charge in [-0.1, -0.05) is 135 Å². The molecule has 0 fully saturated rings. The van der Waals surface area contributed by atoms with Gasteiger partial charge >= 0.3 is 6.18 Å². The number of hydrogen-bond donors (Lipinski definition) is 0. The van der Waals surface area contributed by atoms with E-state index in [9.17, 15) is 42.6 Å². The molecule has 334 valence electrons. The second kappa shape index (κ2) is 26.8. The van der Waals surface area contributed by atoms with Crippen LogP contribution in [0.5, 0.6) is 0 Å². The normalized spacial score (nSPS) is 10.6. The van der Waals surface area contributed by atoms with Crippen molar-refractivity contribution in [3.8, 4) is 0 Å². The summed E-state index contributed by atoms with van der Waals surface area (Å²) in [6.07, 6.45) is -0.759. The molecule has 7 rings (SSSR count). The van der Waals surface area contributed by atoms with Gasteiger partial charge in [0.05, 0.1) is 27.4 Å². The molecule has 0 saturated carbocycles. The Hall–Kier alpha value is -6.69. The number of aryl methyl sites for hydroxylation is 1. The van der Waals surface area contributed by atoms with Crippen LogP contribution in [0, 0.1) is 6.92 Å². The van der Waals surface area contributed by atoms with Crippen LogP contribution in [-0.4, -0.2) is 23.5 Å². The highest BCUT2D eigenvalue weighted by Crippen LogP contribution is 2.33. The van der Waals surface area contributed by atoms with E-state index in [0.29, 0.717) is 12.5 Å². The Balaban J connectivity index is 0.000000194. The van der Waals surface area contributed by atoms with Gasteiger partial charge in [-0.15, -0.1) is 0 Å². The molecule has 6 nitrogen and oxygen atoms in total. The predicted octanol–water partition coefficient (Wildman–Crippen LogP) is 10.8. The molecule has 0 atom stereocenters. The van der Waals surface area contributed by atoms with Gasteiger partial charge < -0.3 is 19.8 Å². The molecule has 0 unspecified atom stereocenters. The fraction of sp³-hybridized carbons (Fsp3) is 0.148. The van der Waals surface area contributed by atoms with Crippen molar-refractivity contribution in [1.29, 1.82) is 0 Å². The predicted molar refractivity (Wildman–Crippen MR) is 247 cm³/mol. The largest absolute Gasteiger partial charge is 0.542 e. The number of aliphatic carboxylic acids is 2. The van der Waals surface area contributed by atoms with E-state index in [1.165, 1.54) is 36.3 Å². The Morgan fingerprint density at radius 1 is 0.462 bits per heavy atom. The first kappa shape index (κ1) is 50.9. The first-order valence-corrected chi connectivity index (χ1v) is 23.2. The Bertz CT molecular complexity index is 2200. The lowest BCUT2D eigenvalue weighted by atomic mass is 10.0. The number of carboxylic acids is 2. The van der Waals surface area contributed by atoms with Crippen molar-refractivity contribution >= 4 is 45.3 Å². The molecule has 0 radical (unpaired) electrons. The summed E-state index contributed by atoms with van der Waals surface area (Å²) >= 11 is 0. The maximum Gasteiger partial charge on any atom is 0.416 e. The zero-order chi connectivity index (χ0) is 47.0. The first-order valence-electron chi connectivity index (χ1n) is 20.8. The van der Waals surface area contributed by atoms with Gasteiger partial charge in [-0.05, 0) is 110 Å². The topological polar surface area (TPSA) is 114 Å². The van der Waals surface area contributed by atoms with Crippen molar-refractivity contribution in [3.63, 3.8) is 0 Å². The minimum Gasteiger partial charge on any atom is -0.542 e. The highest BCUT2D eigenvalue weighted by Gasteiger charge is 2.32. The molecule has 65 heavy (non-hydrogen) atoms. The van der Waals surface area contributed by atoms with Crippen molar-refractivity contribution < 1.29 is 42.6 Å². The second-order valence-corrected chi connectivity index (χ2v) is 18.3. The SMILES string of the molecule is CCCCCCC(=O)C(=O)[O-].Cc1cc(C(=O)C(=O)[O-])cc(C(F)(F)F)c1.c1ccc([S+](c2ccccc2)c2ccccc2)cc1.c1ccc([S+](c2ccccc2)c2ccccc2)cc1. The van der Waals surface area contributed by atoms with Crippen molar-refractivity contribution in [1.82, 2.24) is 0 Å². The Kier molecular flexibility index (Phi) is 21.0. The summed E-state index contributed by atoms with van der Waals surface area (Å²) in [7, 11) is -0.0293. The summed E-state index contributed by atoms with van der Waals surface area (Å²) in [5.41, 5.74) is -1.44. The fourth-order valence-corrected chi connectivity index (χ4v) is 10.4. The number of alkyl halides is 3. The molecular formula is C54H49F3O6S2. The summed E-state index contributed by atoms with van der Waals surface area (Å²) in [5.74, 6) is -5.82. The zero-order valence-electron chi connectivity index (χ0n) is 36.0. The highest BCUT2D eigenvalue weighted by molar-refractivity contribution is 7.97. The molecule has 0 heterocycles. The van der Waals surface area contributed by atoms with Crippen LogP contribution >= 0.6 is 0 Å². The van der Waals surface area contributed by atoms with Crippen LogP contribution in [0.15, 0.2) is 230 Å². The van der Waals surface area contributed by atoms with Gasteiger partial charge in [-0.2, -0.15) is 13.2 Å². The smallest absolute Gasteiger partial charge is 0.416 e. The molecule has 11 heteroatoms. The molecule has 0 bridgehead atoms. The lowest BCUT2D eigenvalue weighted by Gasteiger charge is -2.10. The van der Waals surface area contributed by atoms with E-state index in [1.807, 2.05) is 0 Å². The molecular weight excluding hydrogens is 866 g/mol. The number of rotatable bonds is 14. The second-order valence-electron chi connectivity index (χ2n) is 14.2. The standard InChI is InChI=1S/2C18H15S.C10H7F3O3.C8H14O3/c2*1-4-10-16(11-5-1)19(17-12-6-2-7-13-17)18-14-8-3-9-15-18;1-5-2-6(8(14)9(15)16)4-7(3-5)10(11,12)13;1-2-3-4-5-6-7(9)8(10)11/h2*1-15H;2-4H,1H3,(H,15,16);2-6H2,1H3,(H,10,11)/q2*+1;;/p-2. The van der Waals surface area contributed by atoms with Crippen LogP contribution in [0.1, 0.15) is 60.5 Å². The van der Waals surface area contributed by atoms with Gasteiger partial charge in [-0.3, -0.25) is 9.59 Å². The van der Waals surface area contributed by atoms with Gasteiger partial charge in [0.2, 0.25) is 5.78 Å². The van der Waals surface area contributed by atoms with E-state index in [-0.39, 0.29) is 33.8 Å². The lowest BCUT2D eigenvalue weighted by Crippen LogP contribution is -2.31. The number of benzene rings is 7. The van der Waals surface area contributed by atoms with E-state index in [0.717, 1.165) is 31.4 Å². The molecule has 0 N–H and O–H groups in total. The average Bonchev–Trinajstić information content (AvgIpc) is 3.32. The monoisotopic (exact) mass is 914 g/mol. The zero-order valence-corrected chi connectivity index (χ0v) is 37.6. The van der Waals surface area contributed by atoms with E-state index in [2.05, 4.69) is 189 Å². The van der Waals surface area contributed by atoms with Gasteiger partial charge in [-0.25, -0.2) is 0 Å². The number of unbranched alkanes of at least 4 members (excludes halogenated alkanes) is 3. The average molecular weight is 915 g/mol. The summed E-state index contributed by atoms with van der Waals surface area (Å²) in [5, 5.41) is 20.1. The van der Waals surface area contributed by atoms with Crippen LogP contribution in [0.25, 0.3) is 0 Å². The third-order valence-electron chi connectivity index (χ3n) is 9.21. The molecule has 0 aromatic heterocycles. The minimum absolute atomic E-state index is 0.0146. The molecule has 7 aromatic rings. The van der Waals surface area contributed by atoms with Gasteiger partial charge in [0, 0.05) is 12.0 Å². The number of ketones is 2. The number of carbonyl (C=O) groups is 4. The van der Waals surface area contributed by atoms with E-state index < -0.39 is 40.8 Å². The quantitative estimate of drug-likeness (QED) is 0.0465. The molecule has 0 aliphatic carbocycles. The van der Waals surface area contributed by atoms with Crippen molar-refractivity contribution in [2.75, 3.05) is 0 Å². The summed E-state index contributed by atoms with van der Waals surface area (Å²) in [4.78, 5) is 49.7. The first-order chi connectivity index (χ1) is 31.3. The number of Topliss-reactive ketones (excluding diaryl/α,β-unsaturated/α-hetero) is 2. The highest BCUT2D eigenvalue weighted by atomic mass is 32.2. The fourth-order valence-electron chi connectivity index (χ4n) is 6.17.